The molecule has 0 saturated carbocycles. The lowest BCUT2D eigenvalue weighted by Crippen LogP contribution is -2.13. The summed E-state index contributed by atoms with van der Waals surface area (Å²) in [6.45, 7) is 0.175. The Morgan fingerprint density at radius 3 is 2.35 bits per heavy atom. The van der Waals surface area contributed by atoms with Crippen LogP contribution in [0.5, 0.6) is 0 Å². The van der Waals surface area contributed by atoms with E-state index in [1.807, 2.05) is 0 Å². The number of nitrogens with two attached hydrogens (primary N) is 1. The Morgan fingerprint density at radius 2 is 1.75 bits per heavy atom. The summed E-state index contributed by atoms with van der Waals surface area (Å²) in [5.41, 5.74) is 5.77. The molecule has 0 fully saturated rings. The van der Waals surface area contributed by atoms with Crippen LogP contribution in [0.25, 0.3) is 0 Å². The molecule has 0 saturated heterocycles. The predicted molar refractivity (Wildman–Crippen MR) is 68.6 cm³/mol. The lowest BCUT2D eigenvalue weighted by molar-refractivity contribution is 0.102. The van der Waals surface area contributed by atoms with Crippen molar-refractivity contribution in [3.63, 3.8) is 0 Å². The van der Waals surface area contributed by atoms with Crippen molar-refractivity contribution in [3.05, 3.63) is 65.0 Å². The van der Waals surface area contributed by atoms with Crippen molar-refractivity contribution in [1.29, 1.82) is 0 Å². The molecule has 104 valence electrons. The minimum atomic E-state index is -1.14. The fourth-order valence-corrected chi connectivity index (χ4v) is 1.62. The lowest BCUT2D eigenvalue weighted by atomic mass is 10.1. The molecule has 0 radical (unpaired) electrons. The second kappa shape index (κ2) is 5.75. The minimum Gasteiger partial charge on any atom is -0.326 e. The first-order valence-corrected chi connectivity index (χ1v) is 5.76. The van der Waals surface area contributed by atoms with E-state index in [-0.39, 0.29) is 17.8 Å². The van der Waals surface area contributed by atoms with Crippen LogP contribution < -0.4 is 11.1 Å². The highest BCUT2D eigenvalue weighted by Gasteiger charge is 2.12. The van der Waals surface area contributed by atoms with Gasteiger partial charge in [-0.25, -0.2) is 13.2 Å². The second-order valence-corrected chi connectivity index (χ2v) is 4.10. The summed E-state index contributed by atoms with van der Waals surface area (Å²) >= 11 is 0. The quantitative estimate of drug-likeness (QED) is 0.908. The molecule has 2 rings (SSSR count). The molecule has 0 atom stereocenters. The summed E-state index contributed by atoms with van der Waals surface area (Å²) in [4.78, 5) is 11.8. The molecule has 0 aliphatic carbocycles. The maximum atomic E-state index is 13.7. The van der Waals surface area contributed by atoms with Gasteiger partial charge in [0.25, 0.3) is 5.91 Å². The molecule has 0 aliphatic heterocycles. The largest absolute Gasteiger partial charge is 0.326 e. The molecule has 0 aromatic heterocycles. The highest BCUT2D eigenvalue weighted by molar-refractivity contribution is 6.04. The van der Waals surface area contributed by atoms with E-state index in [1.165, 1.54) is 12.1 Å². The lowest BCUT2D eigenvalue weighted by Gasteiger charge is -2.08. The SMILES string of the molecule is NCc1ccc(NC(=O)c2ccc(F)c(F)c2)c(F)c1. The van der Waals surface area contributed by atoms with E-state index in [0.717, 1.165) is 18.2 Å². The maximum Gasteiger partial charge on any atom is 0.255 e. The third kappa shape index (κ3) is 2.97. The normalized spacial score (nSPS) is 10.4. The molecule has 0 heterocycles. The van der Waals surface area contributed by atoms with Crippen molar-refractivity contribution in [2.24, 2.45) is 5.73 Å². The zero-order valence-corrected chi connectivity index (χ0v) is 10.3. The average Bonchev–Trinajstić information content (AvgIpc) is 2.43. The average molecular weight is 280 g/mol. The van der Waals surface area contributed by atoms with Crippen molar-refractivity contribution in [2.45, 2.75) is 6.54 Å². The first kappa shape index (κ1) is 14.1. The number of hydrogen-bond donors (Lipinski definition) is 2. The first-order chi connectivity index (χ1) is 9.51. The van der Waals surface area contributed by atoms with Gasteiger partial charge in [-0.3, -0.25) is 4.79 Å². The third-order valence-electron chi connectivity index (χ3n) is 2.70. The molecule has 3 N–H and O–H groups in total. The molecule has 0 unspecified atom stereocenters. The number of anilines is 1. The number of halogens is 3. The van der Waals surface area contributed by atoms with Gasteiger partial charge in [-0.15, -0.1) is 0 Å². The molecular weight excluding hydrogens is 269 g/mol. The summed E-state index contributed by atoms with van der Waals surface area (Å²) < 4.78 is 39.4. The van der Waals surface area contributed by atoms with Crippen molar-refractivity contribution >= 4 is 11.6 Å². The summed E-state index contributed by atoms with van der Waals surface area (Å²) in [6.07, 6.45) is 0. The highest BCUT2D eigenvalue weighted by atomic mass is 19.2. The van der Waals surface area contributed by atoms with E-state index in [9.17, 15) is 18.0 Å². The maximum absolute atomic E-state index is 13.7. The standard InChI is InChI=1S/C14H11F3N2O/c15-10-3-2-9(6-11(10)16)14(20)19-13-4-1-8(7-18)5-12(13)17/h1-6H,7,18H2,(H,19,20). The molecular formula is C14H11F3N2O. The molecule has 2 aromatic rings. The molecule has 20 heavy (non-hydrogen) atoms. The van der Waals surface area contributed by atoms with Crippen LogP contribution in [0.2, 0.25) is 0 Å². The van der Waals surface area contributed by atoms with Gasteiger partial charge in [0.05, 0.1) is 5.69 Å². The number of carbonyl (C=O) groups is 1. The second-order valence-electron chi connectivity index (χ2n) is 4.10. The third-order valence-corrected chi connectivity index (χ3v) is 2.70. The Balaban J connectivity index is 2.21. The van der Waals surface area contributed by atoms with Crippen molar-refractivity contribution < 1.29 is 18.0 Å². The summed E-state index contributed by atoms with van der Waals surface area (Å²) in [7, 11) is 0. The topological polar surface area (TPSA) is 55.1 Å². The van der Waals surface area contributed by atoms with Crippen molar-refractivity contribution in [2.75, 3.05) is 5.32 Å². The fourth-order valence-electron chi connectivity index (χ4n) is 1.62. The molecule has 3 nitrogen and oxygen atoms in total. The van der Waals surface area contributed by atoms with Gasteiger partial charge in [0.2, 0.25) is 0 Å². The summed E-state index contributed by atoms with van der Waals surface area (Å²) in [5, 5.41) is 2.28. The Kier molecular flexibility index (Phi) is 4.05. The van der Waals surface area contributed by atoms with Gasteiger partial charge in [0.1, 0.15) is 5.82 Å². The highest BCUT2D eigenvalue weighted by Crippen LogP contribution is 2.17. The van der Waals surface area contributed by atoms with Crippen LogP contribution in [0, 0.1) is 17.5 Å². The molecule has 6 heteroatoms. The van der Waals surface area contributed by atoms with Gasteiger partial charge >= 0.3 is 0 Å². The zero-order chi connectivity index (χ0) is 14.7. The van der Waals surface area contributed by atoms with Crippen LogP contribution in [0.3, 0.4) is 0 Å². The number of nitrogens with one attached hydrogen (secondary N) is 1. The van der Waals surface area contributed by atoms with Crippen LogP contribution in [0.15, 0.2) is 36.4 Å². The Hall–Kier alpha value is -2.34. The van der Waals surface area contributed by atoms with E-state index >= 15 is 0 Å². The van der Waals surface area contributed by atoms with Crippen LogP contribution in [-0.2, 0) is 6.54 Å². The van der Waals surface area contributed by atoms with Crippen LogP contribution in [-0.4, -0.2) is 5.91 Å². The molecule has 0 spiro atoms. The van der Waals surface area contributed by atoms with Crippen LogP contribution in [0.4, 0.5) is 18.9 Å². The van der Waals surface area contributed by atoms with Gasteiger partial charge in [-0.2, -0.15) is 0 Å². The summed E-state index contributed by atoms with van der Waals surface area (Å²) in [6, 6.07) is 6.80. The molecule has 2 aromatic carbocycles. The van der Waals surface area contributed by atoms with E-state index < -0.39 is 23.4 Å². The van der Waals surface area contributed by atoms with E-state index in [2.05, 4.69) is 5.32 Å². The molecule has 0 bridgehead atoms. The number of rotatable bonds is 3. The monoisotopic (exact) mass is 280 g/mol. The van der Waals surface area contributed by atoms with Gasteiger partial charge in [0, 0.05) is 12.1 Å². The Labute approximate surface area is 113 Å². The van der Waals surface area contributed by atoms with Crippen LogP contribution >= 0.6 is 0 Å². The van der Waals surface area contributed by atoms with Crippen LogP contribution in [0.1, 0.15) is 15.9 Å². The van der Waals surface area contributed by atoms with Gasteiger partial charge < -0.3 is 11.1 Å². The van der Waals surface area contributed by atoms with E-state index in [1.54, 1.807) is 6.07 Å². The zero-order valence-electron chi connectivity index (χ0n) is 10.3. The first-order valence-electron chi connectivity index (χ1n) is 5.76. The smallest absolute Gasteiger partial charge is 0.255 e. The number of benzene rings is 2. The number of hydrogen-bond acceptors (Lipinski definition) is 2. The fraction of sp³-hybridized carbons (Fsp3) is 0.0714. The predicted octanol–water partition coefficient (Wildman–Crippen LogP) is 2.81. The Morgan fingerprint density at radius 1 is 1.00 bits per heavy atom. The molecule has 0 aliphatic rings. The van der Waals surface area contributed by atoms with Gasteiger partial charge in [-0.1, -0.05) is 6.07 Å². The van der Waals surface area contributed by atoms with Gasteiger partial charge in [0.15, 0.2) is 11.6 Å². The van der Waals surface area contributed by atoms with Crippen molar-refractivity contribution in [3.8, 4) is 0 Å². The number of amides is 1. The summed E-state index contributed by atoms with van der Waals surface area (Å²) in [5.74, 6) is -3.58. The van der Waals surface area contributed by atoms with Crippen molar-refractivity contribution in [1.82, 2.24) is 0 Å². The van der Waals surface area contributed by atoms with E-state index in [0.29, 0.717) is 5.56 Å². The van der Waals surface area contributed by atoms with Gasteiger partial charge in [-0.05, 0) is 35.9 Å². The minimum absolute atomic E-state index is 0.0584. The Bertz CT molecular complexity index is 659. The molecule has 1 amide bonds. The number of carbonyl (C=O) groups excluding carboxylic acids is 1. The van der Waals surface area contributed by atoms with E-state index in [4.69, 9.17) is 5.73 Å².